The third kappa shape index (κ3) is 3.13. The van der Waals surface area contributed by atoms with Crippen molar-refractivity contribution in [3.63, 3.8) is 0 Å². The van der Waals surface area contributed by atoms with Gasteiger partial charge in [0.1, 0.15) is 5.54 Å². The number of halogens is 3. The molecule has 1 aliphatic rings. The van der Waals surface area contributed by atoms with Crippen LogP contribution in [0.15, 0.2) is 28.8 Å². The topological polar surface area (TPSA) is 68.0 Å². The Labute approximate surface area is 136 Å². The Morgan fingerprint density at radius 3 is 2.58 bits per heavy atom. The maximum absolute atomic E-state index is 12.8. The Balaban J connectivity index is 1.87. The number of aryl methyl sites for hydroxylation is 1. The largest absolute Gasteiger partial charge is 0.416 e. The van der Waals surface area contributed by atoms with E-state index in [1.807, 2.05) is 0 Å². The quantitative estimate of drug-likeness (QED) is 0.928. The van der Waals surface area contributed by atoms with E-state index in [1.165, 1.54) is 12.1 Å². The Morgan fingerprint density at radius 1 is 1.29 bits per heavy atom. The molecule has 1 heterocycles. The van der Waals surface area contributed by atoms with Gasteiger partial charge in [-0.05, 0) is 31.0 Å². The van der Waals surface area contributed by atoms with Gasteiger partial charge < -0.3 is 9.84 Å². The minimum absolute atomic E-state index is 0.0451. The highest BCUT2D eigenvalue weighted by molar-refractivity contribution is 5.95. The van der Waals surface area contributed by atoms with Crippen LogP contribution in [0, 0.1) is 6.92 Å². The molecular weight excluding hydrogens is 323 g/mol. The lowest BCUT2D eigenvalue weighted by Gasteiger charge is -2.26. The van der Waals surface area contributed by atoms with E-state index < -0.39 is 23.2 Å². The summed E-state index contributed by atoms with van der Waals surface area (Å²) in [5.74, 6) is 0.174. The van der Waals surface area contributed by atoms with Crippen LogP contribution in [0.25, 0.3) is 0 Å². The van der Waals surface area contributed by atoms with E-state index in [2.05, 4.69) is 15.5 Å². The van der Waals surface area contributed by atoms with E-state index in [1.54, 1.807) is 6.92 Å². The number of hydrogen-bond donors (Lipinski definition) is 1. The fraction of sp³-hybridized carbons (Fsp3) is 0.438. The van der Waals surface area contributed by atoms with Gasteiger partial charge in [0, 0.05) is 12.5 Å². The minimum atomic E-state index is -4.49. The van der Waals surface area contributed by atoms with E-state index in [-0.39, 0.29) is 5.56 Å². The van der Waals surface area contributed by atoms with Crippen LogP contribution < -0.4 is 5.32 Å². The number of nitrogens with one attached hydrogen (secondary N) is 1. The van der Waals surface area contributed by atoms with Crippen molar-refractivity contribution in [2.24, 2.45) is 0 Å². The standard InChI is InChI=1S/C16H16F3N3O2/c1-10-20-14(22-24-10)15(7-2-3-8-15)21-13(23)11-5-4-6-12(9-11)16(17,18)19/h4-6,9H,2-3,7-8H2,1H3,(H,21,23). The average Bonchev–Trinajstić information content (AvgIpc) is 3.16. The molecule has 0 bridgehead atoms. The van der Waals surface area contributed by atoms with Gasteiger partial charge in [-0.1, -0.05) is 24.1 Å². The van der Waals surface area contributed by atoms with Gasteiger partial charge in [-0.25, -0.2) is 0 Å². The number of amides is 1. The molecule has 128 valence electrons. The van der Waals surface area contributed by atoms with Gasteiger partial charge in [0.2, 0.25) is 5.89 Å². The van der Waals surface area contributed by atoms with Crippen LogP contribution in [0.4, 0.5) is 13.2 Å². The zero-order valence-corrected chi connectivity index (χ0v) is 13.0. The molecule has 0 unspecified atom stereocenters. The van der Waals surface area contributed by atoms with Crippen molar-refractivity contribution < 1.29 is 22.5 Å². The molecular formula is C16H16F3N3O2. The molecule has 0 radical (unpaired) electrons. The van der Waals surface area contributed by atoms with Crippen molar-refractivity contribution in [1.29, 1.82) is 0 Å². The van der Waals surface area contributed by atoms with Crippen LogP contribution in [-0.4, -0.2) is 16.0 Å². The predicted octanol–water partition coefficient (Wildman–Crippen LogP) is 3.60. The van der Waals surface area contributed by atoms with E-state index in [4.69, 9.17) is 4.52 Å². The molecule has 0 aliphatic heterocycles. The number of benzene rings is 1. The summed E-state index contributed by atoms with van der Waals surface area (Å²) in [5, 5.41) is 6.72. The van der Waals surface area contributed by atoms with Gasteiger partial charge in [0.25, 0.3) is 5.91 Å². The van der Waals surface area contributed by atoms with E-state index in [0.29, 0.717) is 24.6 Å². The SMILES string of the molecule is Cc1nc(C2(NC(=O)c3cccc(C(F)(F)F)c3)CCCC2)no1. The van der Waals surface area contributed by atoms with Crippen LogP contribution in [0.2, 0.25) is 0 Å². The number of rotatable bonds is 3. The molecule has 1 aromatic heterocycles. The first kappa shape index (κ1) is 16.5. The lowest BCUT2D eigenvalue weighted by Crippen LogP contribution is -2.44. The van der Waals surface area contributed by atoms with E-state index in [0.717, 1.165) is 25.0 Å². The van der Waals surface area contributed by atoms with Gasteiger partial charge >= 0.3 is 6.18 Å². The summed E-state index contributed by atoms with van der Waals surface area (Å²) >= 11 is 0. The van der Waals surface area contributed by atoms with Gasteiger partial charge in [0.05, 0.1) is 5.56 Å². The first-order valence-electron chi connectivity index (χ1n) is 7.61. The van der Waals surface area contributed by atoms with Crippen molar-refractivity contribution in [1.82, 2.24) is 15.5 Å². The number of hydrogen-bond acceptors (Lipinski definition) is 4. The summed E-state index contributed by atoms with van der Waals surface area (Å²) in [5.41, 5.74) is -1.69. The number of nitrogens with zero attached hydrogens (tertiary/aromatic N) is 2. The fourth-order valence-corrected chi connectivity index (χ4v) is 3.00. The highest BCUT2D eigenvalue weighted by Gasteiger charge is 2.41. The Morgan fingerprint density at radius 2 is 2.00 bits per heavy atom. The maximum Gasteiger partial charge on any atom is 0.416 e. The van der Waals surface area contributed by atoms with Crippen LogP contribution >= 0.6 is 0 Å². The van der Waals surface area contributed by atoms with Gasteiger partial charge in [-0.15, -0.1) is 0 Å². The molecule has 1 aromatic carbocycles. The smallest absolute Gasteiger partial charge is 0.340 e. The Hall–Kier alpha value is -2.38. The van der Waals surface area contributed by atoms with Crippen LogP contribution in [0.1, 0.15) is 53.3 Å². The Kier molecular flexibility index (Phi) is 4.06. The molecule has 0 saturated heterocycles. The predicted molar refractivity (Wildman–Crippen MR) is 78.1 cm³/mol. The zero-order chi connectivity index (χ0) is 17.4. The van der Waals surface area contributed by atoms with Crippen molar-refractivity contribution in [2.45, 2.75) is 44.3 Å². The zero-order valence-electron chi connectivity index (χ0n) is 13.0. The van der Waals surface area contributed by atoms with Crippen molar-refractivity contribution >= 4 is 5.91 Å². The lowest BCUT2D eigenvalue weighted by molar-refractivity contribution is -0.137. The first-order chi connectivity index (χ1) is 11.3. The van der Waals surface area contributed by atoms with E-state index in [9.17, 15) is 18.0 Å². The van der Waals surface area contributed by atoms with Crippen molar-refractivity contribution in [3.05, 3.63) is 47.1 Å². The monoisotopic (exact) mass is 339 g/mol. The number of carbonyl (C=O) groups is 1. The van der Waals surface area contributed by atoms with Crippen molar-refractivity contribution in [3.8, 4) is 0 Å². The minimum Gasteiger partial charge on any atom is -0.340 e. The third-order valence-electron chi connectivity index (χ3n) is 4.22. The number of alkyl halides is 3. The number of aromatic nitrogens is 2. The molecule has 1 fully saturated rings. The van der Waals surface area contributed by atoms with Gasteiger partial charge in [0.15, 0.2) is 5.82 Å². The van der Waals surface area contributed by atoms with E-state index >= 15 is 0 Å². The van der Waals surface area contributed by atoms with Crippen LogP contribution in [0.5, 0.6) is 0 Å². The van der Waals surface area contributed by atoms with Crippen LogP contribution in [-0.2, 0) is 11.7 Å². The maximum atomic E-state index is 12.8. The lowest BCUT2D eigenvalue weighted by atomic mass is 9.95. The van der Waals surface area contributed by atoms with Gasteiger partial charge in [-0.3, -0.25) is 4.79 Å². The highest BCUT2D eigenvalue weighted by atomic mass is 19.4. The van der Waals surface area contributed by atoms with Crippen LogP contribution in [0.3, 0.4) is 0 Å². The first-order valence-corrected chi connectivity index (χ1v) is 7.61. The third-order valence-corrected chi connectivity index (χ3v) is 4.22. The summed E-state index contributed by atoms with van der Waals surface area (Å²) in [6.07, 6.45) is -1.51. The molecule has 1 amide bonds. The molecule has 1 aliphatic carbocycles. The second-order valence-electron chi connectivity index (χ2n) is 5.96. The molecule has 0 atom stereocenters. The molecule has 0 spiro atoms. The normalized spacial score (nSPS) is 17.0. The summed E-state index contributed by atoms with van der Waals surface area (Å²) < 4.78 is 43.4. The molecule has 8 heteroatoms. The summed E-state index contributed by atoms with van der Waals surface area (Å²) in [6, 6.07) is 4.36. The van der Waals surface area contributed by atoms with Gasteiger partial charge in [-0.2, -0.15) is 18.2 Å². The second kappa shape index (κ2) is 5.92. The molecule has 1 saturated carbocycles. The Bertz CT molecular complexity index is 749. The second-order valence-corrected chi connectivity index (χ2v) is 5.96. The molecule has 1 N–H and O–H groups in total. The highest BCUT2D eigenvalue weighted by Crippen LogP contribution is 2.37. The summed E-state index contributed by atoms with van der Waals surface area (Å²) in [7, 11) is 0. The summed E-state index contributed by atoms with van der Waals surface area (Å²) in [4.78, 5) is 16.7. The number of carbonyl (C=O) groups excluding carboxylic acids is 1. The molecule has 5 nitrogen and oxygen atoms in total. The summed E-state index contributed by atoms with van der Waals surface area (Å²) in [6.45, 7) is 1.65. The molecule has 3 rings (SSSR count). The molecule has 2 aromatic rings. The molecule has 24 heavy (non-hydrogen) atoms. The van der Waals surface area contributed by atoms with Crippen molar-refractivity contribution in [2.75, 3.05) is 0 Å². The average molecular weight is 339 g/mol. The fourth-order valence-electron chi connectivity index (χ4n) is 3.00.